The Bertz CT molecular complexity index is 715. The van der Waals surface area contributed by atoms with Crippen LogP contribution >= 0.6 is 0 Å². The summed E-state index contributed by atoms with van der Waals surface area (Å²) in [5, 5.41) is 0. The zero-order valence-electron chi connectivity index (χ0n) is 14.4. The Morgan fingerprint density at radius 2 is 2.13 bits per heavy atom. The van der Waals surface area contributed by atoms with Crippen LogP contribution in [0.1, 0.15) is 51.0 Å². The van der Waals surface area contributed by atoms with Crippen molar-refractivity contribution in [1.82, 2.24) is 14.3 Å². The second-order valence-electron chi connectivity index (χ2n) is 7.28. The lowest BCUT2D eigenvalue weighted by molar-refractivity contribution is 0.0196. The molecule has 1 aliphatic rings. The first-order valence-electron chi connectivity index (χ1n) is 8.26. The number of piperidine rings is 1. The summed E-state index contributed by atoms with van der Waals surface area (Å²) < 4.78 is 7.67. The molecule has 2 aromatic heterocycles. The largest absolute Gasteiger partial charge is 0.444 e. The predicted octanol–water partition coefficient (Wildman–Crippen LogP) is 3.76. The molecule has 1 saturated heterocycles. The molecule has 1 unspecified atom stereocenters. The fourth-order valence-corrected chi connectivity index (χ4v) is 3.19. The minimum atomic E-state index is -0.458. The number of carbonyl (C=O) groups excluding carboxylic acids is 1. The molecule has 0 aromatic carbocycles. The number of aromatic nitrogens is 2. The zero-order chi connectivity index (χ0) is 16.6. The third-order valence-electron chi connectivity index (χ3n) is 4.20. The van der Waals surface area contributed by atoms with E-state index in [2.05, 4.69) is 16.7 Å². The van der Waals surface area contributed by atoms with E-state index < -0.39 is 5.60 Å². The molecule has 0 spiro atoms. The predicted molar refractivity (Wildman–Crippen MR) is 89.7 cm³/mol. The molecule has 3 rings (SSSR count). The van der Waals surface area contributed by atoms with Crippen LogP contribution in [0.2, 0.25) is 0 Å². The van der Waals surface area contributed by atoms with Crippen molar-refractivity contribution in [2.45, 2.75) is 52.1 Å². The van der Waals surface area contributed by atoms with Gasteiger partial charge >= 0.3 is 6.09 Å². The highest BCUT2D eigenvalue weighted by Crippen LogP contribution is 2.28. The van der Waals surface area contributed by atoms with Gasteiger partial charge in [-0.15, -0.1) is 0 Å². The van der Waals surface area contributed by atoms with Gasteiger partial charge in [0.15, 0.2) is 0 Å². The summed E-state index contributed by atoms with van der Waals surface area (Å²) in [4.78, 5) is 18.9. The SMILES string of the molecule is Cc1nc(C2CCCN(C(=O)OC(C)(C)C)C2)n2ccccc12. The van der Waals surface area contributed by atoms with Crippen molar-refractivity contribution in [3.63, 3.8) is 0 Å². The topological polar surface area (TPSA) is 46.8 Å². The van der Waals surface area contributed by atoms with Gasteiger partial charge < -0.3 is 14.0 Å². The smallest absolute Gasteiger partial charge is 0.410 e. The fourth-order valence-electron chi connectivity index (χ4n) is 3.19. The zero-order valence-corrected chi connectivity index (χ0v) is 14.4. The second kappa shape index (κ2) is 5.87. The third-order valence-corrected chi connectivity index (χ3v) is 4.20. The number of hydrogen-bond donors (Lipinski definition) is 0. The summed E-state index contributed by atoms with van der Waals surface area (Å²) in [5.41, 5.74) is 1.72. The van der Waals surface area contributed by atoms with E-state index in [0.29, 0.717) is 6.54 Å². The monoisotopic (exact) mass is 315 g/mol. The molecule has 5 nitrogen and oxygen atoms in total. The average molecular weight is 315 g/mol. The number of likely N-dealkylation sites (tertiary alicyclic amines) is 1. The third kappa shape index (κ3) is 3.33. The first-order chi connectivity index (χ1) is 10.8. The van der Waals surface area contributed by atoms with Crippen LogP contribution in [0.25, 0.3) is 5.52 Å². The van der Waals surface area contributed by atoms with Crippen molar-refractivity contribution >= 4 is 11.6 Å². The van der Waals surface area contributed by atoms with Gasteiger partial charge in [-0.25, -0.2) is 9.78 Å². The Morgan fingerprint density at radius 3 is 2.87 bits per heavy atom. The Kier molecular flexibility index (Phi) is 4.04. The highest BCUT2D eigenvalue weighted by atomic mass is 16.6. The molecule has 0 saturated carbocycles. The molecule has 0 radical (unpaired) electrons. The molecule has 5 heteroatoms. The standard InChI is InChI=1S/C18H25N3O2/c1-13-15-9-5-6-11-21(15)16(19-13)14-8-7-10-20(12-14)17(22)23-18(2,3)4/h5-6,9,11,14H,7-8,10,12H2,1-4H3. The quantitative estimate of drug-likeness (QED) is 0.805. The van der Waals surface area contributed by atoms with E-state index in [1.807, 2.05) is 44.7 Å². The Hall–Kier alpha value is -2.04. The number of imidazole rings is 1. The second-order valence-corrected chi connectivity index (χ2v) is 7.28. The molecule has 124 valence electrons. The molecule has 23 heavy (non-hydrogen) atoms. The lowest BCUT2D eigenvalue weighted by Crippen LogP contribution is -2.42. The first-order valence-corrected chi connectivity index (χ1v) is 8.26. The van der Waals surface area contributed by atoms with Crippen LogP contribution in [-0.4, -0.2) is 39.1 Å². The molecule has 3 heterocycles. The van der Waals surface area contributed by atoms with E-state index >= 15 is 0 Å². The summed E-state index contributed by atoms with van der Waals surface area (Å²) in [7, 11) is 0. The van der Waals surface area contributed by atoms with Crippen LogP contribution in [-0.2, 0) is 4.74 Å². The van der Waals surface area contributed by atoms with E-state index in [-0.39, 0.29) is 12.0 Å². The molecule has 1 amide bonds. The molecule has 2 aromatic rings. The number of ether oxygens (including phenoxy) is 1. The fraction of sp³-hybridized carbons (Fsp3) is 0.556. The van der Waals surface area contributed by atoms with Crippen LogP contribution in [0, 0.1) is 6.92 Å². The Morgan fingerprint density at radius 1 is 1.35 bits per heavy atom. The number of aryl methyl sites for hydroxylation is 1. The van der Waals surface area contributed by atoms with Gasteiger partial charge in [0.05, 0.1) is 11.2 Å². The molecule has 1 atom stereocenters. The van der Waals surface area contributed by atoms with Crippen LogP contribution < -0.4 is 0 Å². The van der Waals surface area contributed by atoms with Crippen molar-refractivity contribution in [2.24, 2.45) is 0 Å². The molecular formula is C18H25N3O2. The lowest BCUT2D eigenvalue weighted by atomic mass is 9.97. The van der Waals surface area contributed by atoms with Gasteiger partial charge in [0.2, 0.25) is 0 Å². The number of nitrogens with zero attached hydrogens (tertiary/aromatic N) is 3. The highest BCUT2D eigenvalue weighted by molar-refractivity contribution is 5.68. The minimum Gasteiger partial charge on any atom is -0.444 e. The first kappa shape index (κ1) is 15.8. The van der Waals surface area contributed by atoms with E-state index in [1.165, 1.54) is 0 Å². The maximum absolute atomic E-state index is 12.3. The van der Waals surface area contributed by atoms with Gasteiger partial charge in [-0.1, -0.05) is 6.07 Å². The minimum absolute atomic E-state index is 0.222. The van der Waals surface area contributed by atoms with E-state index in [4.69, 9.17) is 9.72 Å². The summed E-state index contributed by atoms with van der Waals surface area (Å²) in [5.74, 6) is 1.30. The van der Waals surface area contributed by atoms with Gasteiger partial charge in [0.1, 0.15) is 11.4 Å². The van der Waals surface area contributed by atoms with Gasteiger partial charge in [0, 0.05) is 25.2 Å². The molecule has 1 fully saturated rings. The van der Waals surface area contributed by atoms with Crippen molar-refractivity contribution < 1.29 is 9.53 Å². The molecule has 0 bridgehead atoms. The van der Waals surface area contributed by atoms with Gasteiger partial charge in [-0.2, -0.15) is 0 Å². The summed E-state index contributed by atoms with van der Waals surface area (Å²) >= 11 is 0. The molecule has 1 aliphatic heterocycles. The summed E-state index contributed by atoms with van der Waals surface area (Å²) in [6.45, 7) is 9.16. The van der Waals surface area contributed by atoms with Crippen LogP contribution in [0.15, 0.2) is 24.4 Å². The molecule has 0 aliphatic carbocycles. The van der Waals surface area contributed by atoms with Crippen molar-refractivity contribution in [3.8, 4) is 0 Å². The molecular weight excluding hydrogens is 290 g/mol. The molecule has 0 N–H and O–H groups in total. The number of carbonyl (C=O) groups is 1. The lowest BCUT2D eigenvalue weighted by Gasteiger charge is -2.33. The summed E-state index contributed by atoms with van der Waals surface area (Å²) in [6, 6.07) is 6.13. The summed E-state index contributed by atoms with van der Waals surface area (Å²) in [6.07, 6.45) is 3.86. The highest BCUT2D eigenvalue weighted by Gasteiger charge is 2.30. The maximum Gasteiger partial charge on any atom is 0.410 e. The van der Waals surface area contributed by atoms with E-state index in [0.717, 1.165) is 36.4 Å². The number of fused-ring (bicyclic) bond motifs is 1. The number of pyridine rings is 1. The van der Waals surface area contributed by atoms with Crippen molar-refractivity contribution in [2.75, 3.05) is 13.1 Å². The average Bonchev–Trinajstić information content (AvgIpc) is 2.83. The Balaban J connectivity index is 1.82. The van der Waals surface area contributed by atoms with Gasteiger partial charge in [0.25, 0.3) is 0 Å². The van der Waals surface area contributed by atoms with Crippen LogP contribution in [0.5, 0.6) is 0 Å². The number of amides is 1. The van der Waals surface area contributed by atoms with Gasteiger partial charge in [-0.05, 0) is 52.7 Å². The van der Waals surface area contributed by atoms with Crippen LogP contribution in [0.3, 0.4) is 0 Å². The van der Waals surface area contributed by atoms with Crippen molar-refractivity contribution in [1.29, 1.82) is 0 Å². The normalized spacial score (nSPS) is 19.1. The van der Waals surface area contributed by atoms with E-state index in [9.17, 15) is 4.79 Å². The maximum atomic E-state index is 12.3. The van der Waals surface area contributed by atoms with Crippen molar-refractivity contribution in [3.05, 3.63) is 35.9 Å². The van der Waals surface area contributed by atoms with E-state index in [1.54, 1.807) is 0 Å². The van der Waals surface area contributed by atoms with Gasteiger partial charge in [-0.3, -0.25) is 0 Å². The number of hydrogen-bond acceptors (Lipinski definition) is 3. The number of rotatable bonds is 1. The Labute approximate surface area is 137 Å². The van der Waals surface area contributed by atoms with Crippen LogP contribution in [0.4, 0.5) is 4.79 Å².